The van der Waals surface area contributed by atoms with Crippen LogP contribution >= 0.6 is 11.3 Å². The Morgan fingerprint density at radius 1 is 1.10 bits per heavy atom. The van der Waals surface area contributed by atoms with E-state index in [1.807, 2.05) is 19.2 Å². The molecule has 1 unspecified atom stereocenters. The van der Waals surface area contributed by atoms with Crippen LogP contribution in [0.2, 0.25) is 0 Å². The van der Waals surface area contributed by atoms with Crippen molar-refractivity contribution < 1.29 is 14.2 Å². The van der Waals surface area contributed by atoms with Crippen LogP contribution in [-0.4, -0.2) is 33.4 Å². The van der Waals surface area contributed by atoms with Crippen LogP contribution in [-0.2, 0) is 0 Å². The third-order valence-corrected chi connectivity index (χ3v) is 4.22. The molecule has 0 bridgehead atoms. The van der Waals surface area contributed by atoms with Gasteiger partial charge in [-0.25, -0.2) is 4.98 Å². The van der Waals surface area contributed by atoms with Crippen LogP contribution in [0.1, 0.15) is 18.7 Å². The molecule has 0 saturated heterocycles. The average Bonchev–Trinajstić information content (AvgIpc) is 3.02. The smallest absolute Gasteiger partial charge is 0.203 e. The zero-order chi connectivity index (χ0) is 15.4. The van der Waals surface area contributed by atoms with E-state index in [0.29, 0.717) is 17.2 Å². The Balaban J connectivity index is 2.46. The fourth-order valence-electron chi connectivity index (χ4n) is 1.97. The fraction of sp³-hybridized carbons (Fsp3) is 0.400. The van der Waals surface area contributed by atoms with Gasteiger partial charge in [0.15, 0.2) is 11.5 Å². The predicted molar refractivity (Wildman–Crippen MR) is 84.7 cm³/mol. The van der Waals surface area contributed by atoms with Crippen molar-refractivity contribution in [1.29, 1.82) is 0 Å². The number of nitrogens with one attached hydrogen (secondary N) is 1. The molecule has 0 saturated carbocycles. The molecule has 0 amide bonds. The van der Waals surface area contributed by atoms with Crippen LogP contribution < -0.4 is 19.5 Å². The van der Waals surface area contributed by atoms with E-state index in [9.17, 15) is 0 Å². The summed E-state index contributed by atoms with van der Waals surface area (Å²) in [5.74, 6) is 1.85. The fourth-order valence-corrected chi connectivity index (χ4v) is 2.87. The molecule has 21 heavy (non-hydrogen) atoms. The molecular formula is C15H20N2O3S. The normalized spacial score (nSPS) is 12.0. The first kappa shape index (κ1) is 15.6. The predicted octanol–water partition coefficient (Wildman–Crippen LogP) is 3.12. The number of benzene rings is 1. The summed E-state index contributed by atoms with van der Waals surface area (Å²) in [5, 5.41) is 6.16. The van der Waals surface area contributed by atoms with Gasteiger partial charge in [0.2, 0.25) is 5.75 Å². The third kappa shape index (κ3) is 3.11. The Kier molecular flexibility index (Phi) is 5.03. The van der Waals surface area contributed by atoms with Crippen molar-refractivity contribution in [2.45, 2.75) is 13.0 Å². The third-order valence-electron chi connectivity index (χ3n) is 3.31. The van der Waals surface area contributed by atoms with Gasteiger partial charge in [0.05, 0.1) is 27.0 Å². The van der Waals surface area contributed by atoms with Crippen molar-refractivity contribution in [3.8, 4) is 27.8 Å². The molecule has 0 aliphatic rings. The number of methoxy groups -OCH3 is 3. The molecule has 1 atom stereocenters. The second-order valence-corrected chi connectivity index (χ2v) is 5.36. The molecule has 2 aromatic rings. The Labute approximate surface area is 128 Å². The lowest BCUT2D eigenvalue weighted by Crippen LogP contribution is -2.12. The number of ether oxygens (including phenoxy) is 3. The summed E-state index contributed by atoms with van der Waals surface area (Å²) in [6.45, 7) is 2.08. The van der Waals surface area contributed by atoms with Crippen LogP contribution in [0, 0.1) is 0 Å². The van der Waals surface area contributed by atoms with E-state index >= 15 is 0 Å². The van der Waals surface area contributed by atoms with Gasteiger partial charge in [0.25, 0.3) is 0 Å². The molecule has 2 rings (SSSR count). The summed E-state index contributed by atoms with van der Waals surface area (Å²) in [5.41, 5.74) is 1.97. The first-order valence-electron chi connectivity index (χ1n) is 6.57. The van der Waals surface area contributed by atoms with E-state index in [2.05, 4.69) is 22.6 Å². The second-order valence-electron chi connectivity index (χ2n) is 4.50. The van der Waals surface area contributed by atoms with E-state index in [-0.39, 0.29) is 6.04 Å². The largest absolute Gasteiger partial charge is 0.493 e. The molecular weight excluding hydrogens is 288 g/mol. The van der Waals surface area contributed by atoms with Crippen LogP contribution in [0.25, 0.3) is 10.6 Å². The number of nitrogens with zero attached hydrogens (tertiary/aromatic N) is 1. The maximum atomic E-state index is 5.38. The van der Waals surface area contributed by atoms with E-state index in [1.54, 1.807) is 32.7 Å². The molecule has 1 aromatic carbocycles. The Hall–Kier alpha value is -1.79. The zero-order valence-electron chi connectivity index (χ0n) is 12.9. The number of rotatable bonds is 6. The van der Waals surface area contributed by atoms with Gasteiger partial charge in [-0.05, 0) is 26.1 Å². The minimum absolute atomic E-state index is 0.219. The van der Waals surface area contributed by atoms with E-state index in [1.165, 1.54) is 0 Å². The molecule has 1 aromatic heterocycles. The molecule has 0 aliphatic carbocycles. The van der Waals surface area contributed by atoms with Crippen LogP contribution in [0.5, 0.6) is 17.2 Å². The second kappa shape index (κ2) is 6.78. The van der Waals surface area contributed by atoms with Gasteiger partial charge < -0.3 is 19.5 Å². The number of thiazole rings is 1. The van der Waals surface area contributed by atoms with Gasteiger partial charge in [-0.3, -0.25) is 0 Å². The quantitative estimate of drug-likeness (QED) is 0.888. The van der Waals surface area contributed by atoms with Crippen molar-refractivity contribution in [1.82, 2.24) is 10.3 Å². The summed E-state index contributed by atoms with van der Waals surface area (Å²) in [6.07, 6.45) is 0. The number of hydrogen-bond donors (Lipinski definition) is 1. The van der Waals surface area contributed by atoms with Crippen molar-refractivity contribution in [3.63, 3.8) is 0 Å². The van der Waals surface area contributed by atoms with Crippen molar-refractivity contribution in [2.75, 3.05) is 28.4 Å². The number of hydrogen-bond acceptors (Lipinski definition) is 6. The average molecular weight is 308 g/mol. The van der Waals surface area contributed by atoms with Gasteiger partial charge in [-0.1, -0.05) is 0 Å². The van der Waals surface area contributed by atoms with Crippen LogP contribution in [0.15, 0.2) is 17.5 Å². The van der Waals surface area contributed by atoms with Crippen molar-refractivity contribution in [3.05, 3.63) is 23.2 Å². The number of aromatic nitrogens is 1. The van der Waals surface area contributed by atoms with Gasteiger partial charge in [-0.2, -0.15) is 0 Å². The van der Waals surface area contributed by atoms with E-state index in [0.717, 1.165) is 16.3 Å². The first-order valence-corrected chi connectivity index (χ1v) is 7.45. The molecule has 5 nitrogen and oxygen atoms in total. The zero-order valence-corrected chi connectivity index (χ0v) is 13.7. The van der Waals surface area contributed by atoms with Gasteiger partial charge in [0.1, 0.15) is 5.01 Å². The molecule has 1 N–H and O–H groups in total. The minimum atomic E-state index is 0.219. The molecule has 114 valence electrons. The van der Waals surface area contributed by atoms with Crippen molar-refractivity contribution in [2.24, 2.45) is 0 Å². The highest BCUT2D eigenvalue weighted by atomic mass is 32.1. The Morgan fingerprint density at radius 2 is 1.71 bits per heavy atom. The highest BCUT2D eigenvalue weighted by Gasteiger charge is 2.16. The molecule has 6 heteroatoms. The standard InChI is InChI=1S/C15H20N2O3S/c1-9(16-2)11-8-21-15(17-11)10-6-12(18-3)14(20-5)13(7-10)19-4/h6-9,16H,1-5H3. The van der Waals surface area contributed by atoms with Crippen LogP contribution in [0.3, 0.4) is 0 Å². The summed E-state index contributed by atoms with van der Waals surface area (Å²) >= 11 is 1.60. The summed E-state index contributed by atoms with van der Waals surface area (Å²) in [6, 6.07) is 4.04. The Morgan fingerprint density at radius 3 is 2.19 bits per heavy atom. The SMILES string of the molecule is CNC(C)c1csc(-c2cc(OC)c(OC)c(OC)c2)n1. The summed E-state index contributed by atoms with van der Waals surface area (Å²) in [4.78, 5) is 4.66. The maximum absolute atomic E-state index is 5.38. The maximum Gasteiger partial charge on any atom is 0.203 e. The van der Waals surface area contributed by atoms with Crippen LogP contribution in [0.4, 0.5) is 0 Å². The topological polar surface area (TPSA) is 52.6 Å². The summed E-state index contributed by atoms with van der Waals surface area (Å²) < 4.78 is 16.1. The molecule has 0 radical (unpaired) electrons. The molecule has 0 aliphatic heterocycles. The molecule has 0 spiro atoms. The van der Waals surface area contributed by atoms with E-state index in [4.69, 9.17) is 14.2 Å². The summed E-state index contributed by atoms with van der Waals surface area (Å²) in [7, 11) is 6.73. The molecule has 0 fully saturated rings. The first-order chi connectivity index (χ1) is 10.1. The van der Waals surface area contributed by atoms with Gasteiger partial charge in [-0.15, -0.1) is 11.3 Å². The van der Waals surface area contributed by atoms with Crippen molar-refractivity contribution >= 4 is 11.3 Å². The lowest BCUT2D eigenvalue weighted by molar-refractivity contribution is 0.324. The van der Waals surface area contributed by atoms with Gasteiger partial charge >= 0.3 is 0 Å². The minimum Gasteiger partial charge on any atom is -0.493 e. The Bertz CT molecular complexity index is 588. The lowest BCUT2D eigenvalue weighted by atomic mass is 10.2. The molecule has 1 heterocycles. The highest BCUT2D eigenvalue weighted by Crippen LogP contribution is 2.41. The monoisotopic (exact) mass is 308 g/mol. The highest BCUT2D eigenvalue weighted by molar-refractivity contribution is 7.13. The van der Waals surface area contributed by atoms with E-state index < -0.39 is 0 Å². The lowest BCUT2D eigenvalue weighted by Gasteiger charge is -2.13. The van der Waals surface area contributed by atoms with Gasteiger partial charge in [0, 0.05) is 17.0 Å².